The second-order valence-electron chi connectivity index (χ2n) is 4.91. The van der Waals surface area contributed by atoms with Crippen LogP contribution in [-0.4, -0.2) is 6.10 Å². The van der Waals surface area contributed by atoms with E-state index >= 15 is 0 Å². The van der Waals surface area contributed by atoms with Crippen LogP contribution in [0.2, 0.25) is 0 Å². The molecular weight excluding hydrogens is 184 g/mol. The first-order chi connectivity index (χ1) is 7.06. The molecule has 0 amide bonds. The zero-order chi connectivity index (χ0) is 10.9. The summed E-state index contributed by atoms with van der Waals surface area (Å²) in [5.74, 6) is 6.38. The Morgan fingerprint density at radius 1 is 1.13 bits per heavy atom. The minimum atomic E-state index is 0.0627. The molecule has 0 radical (unpaired) electrons. The van der Waals surface area contributed by atoms with Crippen LogP contribution in [0.25, 0.3) is 0 Å². The van der Waals surface area contributed by atoms with Crippen molar-refractivity contribution in [3.8, 4) is 11.8 Å². The summed E-state index contributed by atoms with van der Waals surface area (Å²) in [6.45, 7) is 6.33. The van der Waals surface area contributed by atoms with Gasteiger partial charge >= 0.3 is 0 Å². The summed E-state index contributed by atoms with van der Waals surface area (Å²) >= 11 is 0. The molecule has 1 aromatic rings. The van der Waals surface area contributed by atoms with Crippen molar-refractivity contribution in [3.63, 3.8) is 0 Å². The predicted molar refractivity (Wildman–Crippen MR) is 61.3 cm³/mol. The summed E-state index contributed by atoms with van der Waals surface area (Å²) in [6, 6.07) is 10.3. The average molecular weight is 200 g/mol. The molecule has 1 nitrogen and oxygen atoms in total. The first-order valence-corrected chi connectivity index (χ1v) is 5.29. The molecule has 1 heterocycles. The smallest absolute Gasteiger partial charge is 0.149 e. The van der Waals surface area contributed by atoms with Gasteiger partial charge in [0.15, 0.2) is 0 Å². The van der Waals surface area contributed by atoms with E-state index in [4.69, 9.17) is 4.74 Å². The van der Waals surface area contributed by atoms with E-state index in [1.807, 2.05) is 18.2 Å². The maximum Gasteiger partial charge on any atom is 0.149 e. The van der Waals surface area contributed by atoms with Gasteiger partial charge in [-0.25, -0.2) is 0 Å². The van der Waals surface area contributed by atoms with Crippen molar-refractivity contribution < 1.29 is 4.74 Å². The Kier molecular flexibility index (Phi) is 2.54. The summed E-state index contributed by atoms with van der Waals surface area (Å²) in [5.41, 5.74) is 1.29. The summed E-state index contributed by atoms with van der Waals surface area (Å²) in [6.07, 6.45) is 0.299. The Hall–Kier alpha value is -1.26. The third-order valence-electron chi connectivity index (χ3n) is 2.21. The highest BCUT2D eigenvalue weighted by molar-refractivity contribution is 5.28. The van der Waals surface area contributed by atoms with Crippen molar-refractivity contribution >= 4 is 0 Å². The predicted octanol–water partition coefficient (Wildman–Crippen LogP) is 3.18. The first kappa shape index (κ1) is 10.3. The van der Waals surface area contributed by atoms with Gasteiger partial charge in [0.2, 0.25) is 0 Å². The number of benzene rings is 1. The molecule has 0 aliphatic carbocycles. The Morgan fingerprint density at radius 3 is 2.40 bits per heavy atom. The molecule has 2 rings (SSSR count). The van der Waals surface area contributed by atoms with Crippen LogP contribution < -0.4 is 0 Å². The summed E-state index contributed by atoms with van der Waals surface area (Å²) in [7, 11) is 0. The summed E-state index contributed by atoms with van der Waals surface area (Å²) in [4.78, 5) is 0. The lowest BCUT2D eigenvalue weighted by molar-refractivity contribution is 0.396. The van der Waals surface area contributed by atoms with E-state index in [2.05, 4.69) is 44.7 Å². The standard InChI is InChI=1S/C14H16O/c1-14(2,3)10-9-12-13(15-12)11-7-5-4-6-8-11/h4-8,12-13H,1-3H3/t12-,13+/m1/s1. The molecular formula is C14H16O. The topological polar surface area (TPSA) is 12.5 Å². The van der Waals surface area contributed by atoms with Gasteiger partial charge in [-0.05, 0) is 26.3 Å². The average Bonchev–Trinajstić information content (AvgIpc) is 2.94. The maximum absolute atomic E-state index is 5.52. The van der Waals surface area contributed by atoms with E-state index in [1.54, 1.807) is 0 Å². The molecule has 0 saturated carbocycles. The van der Waals surface area contributed by atoms with Gasteiger partial charge in [-0.3, -0.25) is 0 Å². The molecule has 78 valence electrons. The molecule has 0 aromatic heterocycles. The number of ether oxygens (including phenoxy) is 1. The van der Waals surface area contributed by atoms with E-state index in [9.17, 15) is 0 Å². The molecule has 1 saturated heterocycles. The molecule has 0 unspecified atom stereocenters. The lowest BCUT2D eigenvalue weighted by Gasteiger charge is -2.06. The molecule has 2 atom stereocenters. The lowest BCUT2D eigenvalue weighted by atomic mass is 9.97. The van der Waals surface area contributed by atoms with Crippen LogP contribution in [0, 0.1) is 17.3 Å². The van der Waals surface area contributed by atoms with Crippen LogP contribution in [0.1, 0.15) is 32.4 Å². The highest BCUT2D eigenvalue weighted by Gasteiger charge is 2.38. The van der Waals surface area contributed by atoms with Crippen LogP contribution in [0.4, 0.5) is 0 Å². The third kappa shape index (κ3) is 2.84. The molecule has 0 bridgehead atoms. The highest BCUT2D eigenvalue weighted by Crippen LogP contribution is 2.38. The molecule has 1 aliphatic rings. The van der Waals surface area contributed by atoms with E-state index in [0.29, 0.717) is 0 Å². The van der Waals surface area contributed by atoms with Crippen LogP contribution in [0.5, 0.6) is 0 Å². The SMILES string of the molecule is CC(C)(C)C#C[C@H]1O[C@H]1c1ccccc1. The van der Waals surface area contributed by atoms with Crippen LogP contribution in [0.15, 0.2) is 30.3 Å². The van der Waals surface area contributed by atoms with Crippen molar-refractivity contribution in [2.24, 2.45) is 5.41 Å². The van der Waals surface area contributed by atoms with Gasteiger partial charge in [0.25, 0.3) is 0 Å². The van der Waals surface area contributed by atoms with E-state index in [1.165, 1.54) is 5.56 Å². The second-order valence-corrected chi connectivity index (χ2v) is 4.91. The van der Waals surface area contributed by atoms with Crippen LogP contribution in [-0.2, 0) is 4.74 Å². The highest BCUT2D eigenvalue weighted by atomic mass is 16.6. The molecule has 1 aromatic carbocycles. The van der Waals surface area contributed by atoms with Crippen molar-refractivity contribution in [1.82, 2.24) is 0 Å². The van der Waals surface area contributed by atoms with E-state index < -0.39 is 0 Å². The van der Waals surface area contributed by atoms with Crippen molar-refractivity contribution in [3.05, 3.63) is 35.9 Å². The Balaban J connectivity index is 2.00. The fourth-order valence-electron chi connectivity index (χ4n) is 1.41. The third-order valence-corrected chi connectivity index (χ3v) is 2.21. The number of hydrogen-bond acceptors (Lipinski definition) is 1. The number of epoxide rings is 1. The Morgan fingerprint density at radius 2 is 1.80 bits per heavy atom. The second kappa shape index (κ2) is 3.72. The zero-order valence-electron chi connectivity index (χ0n) is 9.45. The van der Waals surface area contributed by atoms with Gasteiger partial charge in [-0.1, -0.05) is 42.2 Å². The van der Waals surface area contributed by atoms with Crippen molar-refractivity contribution in [1.29, 1.82) is 0 Å². The number of rotatable bonds is 1. The van der Waals surface area contributed by atoms with Gasteiger partial charge in [0.1, 0.15) is 12.2 Å². The zero-order valence-corrected chi connectivity index (χ0v) is 9.45. The minimum Gasteiger partial charge on any atom is -0.351 e. The van der Waals surface area contributed by atoms with Gasteiger partial charge in [0.05, 0.1) is 0 Å². The van der Waals surface area contributed by atoms with Gasteiger partial charge in [-0.15, -0.1) is 0 Å². The molecule has 1 fully saturated rings. The summed E-state index contributed by atoms with van der Waals surface area (Å²) in [5, 5.41) is 0. The van der Waals surface area contributed by atoms with Crippen molar-refractivity contribution in [2.45, 2.75) is 33.0 Å². The van der Waals surface area contributed by atoms with Gasteiger partial charge < -0.3 is 4.74 Å². The fourth-order valence-corrected chi connectivity index (χ4v) is 1.41. The normalized spacial score (nSPS) is 24.2. The molecule has 0 spiro atoms. The van der Waals surface area contributed by atoms with Crippen molar-refractivity contribution in [2.75, 3.05) is 0 Å². The first-order valence-electron chi connectivity index (χ1n) is 5.29. The van der Waals surface area contributed by atoms with Crippen LogP contribution in [0.3, 0.4) is 0 Å². The maximum atomic E-state index is 5.52. The molecule has 1 aliphatic heterocycles. The molecule has 15 heavy (non-hydrogen) atoms. The Labute approximate surface area is 91.5 Å². The molecule has 1 heteroatoms. The monoisotopic (exact) mass is 200 g/mol. The fraction of sp³-hybridized carbons (Fsp3) is 0.429. The van der Waals surface area contributed by atoms with E-state index in [0.717, 1.165) is 0 Å². The van der Waals surface area contributed by atoms with Gasteiger partial charge in [0, 0.05) is 5.41 Å². The minimum absolute atomic E-state index is 0.0627. The van der Waals surface area contributed by atoms with Crippen LogP contribution >= 0.6 is 0 Å². The number of hydrogen-bond donors (Lipinski definition) is 0. The quantitative estimate of drug-likeness (QED) is 0.501. The van der Waals surface area contributed by atoms with Gasteiger partial charge in [-0.2, -0.15) is 0 Å². The molecule has 0 N–H and O–H groups in total. The summed E-state index contributed by atoms with van der Waals surface area (Å²) < 4.78 is 5.52. The lowest BCUT2D eigenvalue weighted by Crippen LogP contribution is -2.00. The Bertz CT molecular complexity index is 389. The largest absolute Gasteiger partial charge is 0.351 e. The van der Waals surface area contributed by atoms with E-state index in [-0.39, 0.29) is 17.6 Å².